The molecule has 0 atom stereocenters. The highest BCUT2D eigenvalue weighted by Gasteiger charge is 2.37. The summed E-state index contributed by atoms with van der Waals surface area (Å²) in [5.74, 6) is -1.35. The number of amides is 4. The molecule has 5 rings (SSSR count). The van der Waals surface area contributed by atoms with Crippen molar-refractivity contribution >= 4 is 40.5 Å². The summed E-state index contributed by atoms with van der Waals surface area (Å²) in [5.41, 5.74) is 6.57. The zero-order chi connectivity index (χ0) is 24.9. The van der Waals surface area contributed by atoms with Gasteiger partial charge in [-0.05, 0) is 92.9 Å². The Kier molecular flexibility index (Phi) is 5.32. The standard InChI is InChI=1S/C28H24N4O3/c1-16-10-17(2)12-23(11-16)32-27(34)24(26(33)30-28(32)35)15-21-13-18(3)31(19(21)4)22-7-8-25-20(14-22)6-5-9-29-25/h5-15H,1-4H3,(H,30,33,35). The van der Waals surface area contributed by atoms with Crippen molar-refractivity contribution in [2.45, 2.75) is 27.7 Å². The Morgan fingerprint density at radius 3 is 2.34 bits per heavy atom. The zero-order valence-electron chi connectivity index (χ0n) is 19.9. The maximum atomic E-state index is 13.4. The number of aromatic nitrogens is 2. The van der Waals surface area contributed by atoms with Crippen LogP contribution in [-0.4, -0.2) is 27.4 Å². The third-order valence-corrected chi connectivity index (χ3v) is 6.18. The van der Waals surface area contributed by atoms with Crippen molar-refractivity contribution in [1.29, 1.82) is 0 Å². The van der Waals surface area contributed by atoms with E-state index < -0.39 is 17.8 Å². The number of pyridine rings is 1. The molecule has 7 heteroatoms. The normalized spacial score (nSPS) is 15.3. The van der Waals surface area contributed by atoms with Crippen LogP contribution in [0.25, 0.3) is 22.7 Å². The second-order valence-corrected chi connectivity index (χ2v) is 8.85. The van der Waals surface area contributed by atoms with E-state index in [1.807, 2.05) is 64.1 Å². The van der Waals surface area contributed by atoms with Crippen molar-refractivity contribution in [2.75, 3.05) is 4.90 Å². The van der Waals surface area contributed by atoms with E-state index in [0.29, 0.717) is 5.69 Å². The molecule has 1 aliphatic heterocycles. The summed E-state index contributed by atoms with van der Waals surface area (Å²) in [5, 5.41) is 3.32. The highest BCUT2D eigenvalue weighted by molar-refractivity contribution is 6.39. The van der Waals surface area contributed by atoms with Crippen molar-refractivity contribution in [3.05, 3.63) is 94.4 Å². The van der Waals surface area contributed by atoms with E-state index >= 15 is 0 Å². The van der Waals surface area contributed by atoms with Gasteiger partial charge >= 0.3 is 6.03 Å². The first-order chi connectivity index (χ1) is 16.7. The van der Waals surface area contributed by atoms with Crippen molar-refractivity contribution in [2.24, 2.45) is 0 Å². The van der Waals surface area contributed by atoms with Crippen molar-refractivity contribution < 1.29 is 14.4 Å². The summed E-state index contributed by atoms with van der Waals surface area (Å²) in [7, 11) is 0. The van der Waals surface area contributed by atoms with Gasteiger partial charge < -0.3 is 4.57 Å². The number of imide groups is 2. The number of hydrogen-bond donors (Lipinski definition) is 1. The van der Waals surface area contributed by atoms with E-state index in [-0.39, 0.29) is 5.57 Å². The molecule has 174 valence electrons. The maximum Gasteiger partial charge on any atom is 0.335 e. The minimum absolute atomic E-state index is 0.0910. The lowest BCUT2D eigenvalue weighted by atomic mass is 10.1. The van der Waals surface area contributed by atoms with Gasteiger partial charge in [0.25, 0.3) is 11.8 Å². The lowest BCUT2D eigenvalue weighted by Crippen LogP contribution is -2.54. The number of nitrogens with zero attached hydrogens (tertiary/aromatic N) is 3. The predicted molar refractivity (Wildman–Crippen MR) is 135 cm³/mol. The molecule has 3 heterocycles. The van der Waals surface area contributed by atoms with Gasteiger partial charge in [-0.15, -0.1) is 0 Å². The smallest absolute Gasteiger partial charge is 0.318 e. The monoisotopic (exact) mass is 464 g/mol. The number of hydrogen-bond acceptors (Lipinski definition) is 4. The minimum Gasteiger partial charge on any atom is -0.318 e. The molecule has 1 aliphatic rings. The van der Waals surface area contributed by atoms with E-state index in [9.17, 15) is 14.4 Å². The van der Waals surface area contributed by atoms with Crippen LogP contribution in [0.5, 0.6) is 0 Å². The molecule has 35 heavy (non-hydrogen) atoms. The molecule has 4 amide bonds. The lowest BCUT2D eigenvalue weighted by molar-refractivity contribution is -0.122. The number of anilines is 1. The van der Waals surface area contributed by atoms with Crippen LogP contribution in [-0.2, 0) is 9.59 Å². The largest absolute Gasteiger partial charge is 0.335 e. The number of carbonyl (C=O) groups is 3. The second kappa shape index (κ2) is 8.36. The Morgan fingerprint density at radius 1 is 0.857 bits per heavy atom. The zero-order valence-corrected chi connectivity index (χ0v) is 19.9. The van der Waals surface area contributed by atoms with Gasteiger partial charge in [0.2, 0.25) is 0 Å². The first-order valence-electron chi connectivity index (χ1n) is 11.3. The highest BCUT2D eigenvalue weighted by atomic mass is 16.2. The third-order valence-electron chi connectivity index (χ3n) is 6.18. The van der Waals surface area contributed by atoms with Gasteiger partial charge in [-0.2, -0.15) is 0 Å². The van der Waals surface area contributed by atoms with Gasteiger partial charge in [-0.3, -0.25) is 19.9 Å². The van der Waals surface area contributed by atoms with E-state index in [1.54, 1.807) is 24.4 Å². The summed E-state index contributed by atoms with van der Waals surface area (Å²) < 4.78 is 2.07. The molecule has 7 nitrogen and oxygen atoms in total. The minimum atomic E-state index is -0.752. The highest BCUT2D eigenvalue weighted by Crippen LogP contribution is 2.28. The third kappa shape index (κ3) is 3.91. The van der Waals surface area contributed by atoms with E-state index in [1.165, 1.54) is 0 Å². The van der Waals surface area contributed by atoms with E-state index in [0.717, 1.165) is 49.6 Å². The fourth-order valence-corrected chi connectivity index (χ4v) is 4.66. The average Bonchev–Trinajstić information content (AvgIpc) is 3.08. The first-order valence-corrected chi connectivity index (χ1v) is 11.3. The van der Waals surface area contributed by atoms with Crippen LogP contribution < -0.4 is 10.2 Å². The summed E-state index contributed by atoms with van der Waals surface area (Å²) in [6.07, 6.45) is 3.32. The Labute approximate surface area is 202 Å². The van der Waals surface area contributed by atoms with Gasteiger partial charge in [0.1, 0.15) is 5.57 Å². The molecule has 4 aromatic rings. The van der Waals surface area contributed by atoms with Crippen LogP contribution in [0.3, 0.4) is 0 Å². The van der Waals surface area contributed by atoms with Crippen molar-refractivity contribution in [3.63, 3.8) is 0 Å². The second-order valence-electron chi connectivity index (χ2n) is 8.85. The van der Waals surface area contributed by atoms with Crippen LogP contribution in [0, 0.1) is 27.7 Å². The van der Waals surface area contributed by atoms with Crippen molar-refractivity contribution in [1.82, 2.24) is 14.9 Å². The molecule has 0 unspecified atom stereocenters. The summed E-state index contributed by atoms with van der Waals surface area (Å²) in [6.45, 7) is 7.69. The number of rotatable bonds is 3. The van der Waals surface area contributed by atoms with Crippen molar-refractivity contribution in [3.8, 4) is 5.69 Å². The van der Waals surface area contributed by atoms with E-state index in [2.05, 4.69) is 20.9 Å². The molecule has 1 fully saturated rings. The molecule has 0 radical (unpaired) electrons. The van der Waals surface area contributed by atoms with Crippen LogP contribution in [0.2, 0.25) is 0 Å². The molecule has 1 saturated heterocycles. The Balaban J connectivity index is 1.57. The quantitative estimate of drug-likeness (QED) is 0.344. The summed E-state index contributed by atoms with van der Waals surface area (Å²) >= 11 is 0. The molecule has 2 aromatic carbocycles. The van der Waals surface area contributed by atoms with Gasteiger partial charge in [-0.1, -0.05) is 12.1 Å². The molecular weight excluding hydrogens is 440 g/mol. The van der Waals surface area contributed by atoms with Gasteiger partial charge in [0.05, 0.1) is 11.2 Å². The van der Waals surface area contributed by atoms with Crippen LogP contribution in [0.4, 0.5) is 10.5 Å². The number of aryl methyl sites for hydroxylation is 3. The first kappa shape index (κ1) is 22.3. The maximum absolute atomic E-state index is 13.4. The fraction of sp³-hybridized carbons (Fsp3) is 0.143. The topological polar surface area (TPSA) is 84.3 Å². The molecule has 2 aromatic heterocycles. The lowest BCUT2D eigenvalue weighted by Gasteiger charge is -2.27. The predicted octanol–water partition coefficient (Wildman–Crippen LogP) is 4.93. The van der Waals surface area contributed by atoms with Gasteiger partial charge in [0.15, 0.2) is 0 Å². The molecular formula is C28H24N4O3. The fourth-order valence-electron chi connectivity index (χ4n) is 4.66. The van der Waals surface area contributed by atoms with Crippen LogP contribution >= 0.6 is 0 Å². The Hall–Kier alpha value is -4.52. The number of urea groups is 1. The molecule has 0 aliphatic carbocycles. The molecule has 0 saturated carbocycles. The number of fused-ring (bicyclic) bond motifs is 1. The summed E-state index contributed by atoms with van der Waals surface area (Å²) in [6, 6.07) is 16.5. The molecule has 0 bridgehead atoms. The molecule has 0 spiro atoms. The number of barbiturate groups is 1. The molecule has 1 N–H and O–H groups in total. The average molecular weight is 465 g/mol. The van der Waals surface area contributed by atoms with Gasteiger partial charge in [0, 0.05) is 28.7 Å². The van der Waals surface area contributed by atoms with E-state index in [4.69, 9.17) is 0 Å². The van der Waals surface area contributed by atoms with Gasteiger partial charge in [-0.25, -0.2) is 9.69 Å². The number of benzene rings is 2. The Morgan fingerprint density at radius 2 is 1.60 bits per heavy atom. The number of carbonyl (C=O) groups excluding carboxylic acids is 3. The Bertz CT molecular complexity index is 1560. The number of nitrogens with one attached hydrogen (secondary N) is 1. The summed E-state index contributed by atoms with van der Waals surface area (Å²) in [4.78, 5) is 44.0. The SMILES string of the molecule is Cc1cc(C)cc(N2C(=O)NC(=O)C(=Cc3cc(C)n(-c4ccc5ncccc5c4)c3C)C2=O)c1. The van der Waals surface area contributed by atoms with Crippen LogP contribution in [0.15, 0.2) is 66.4 Å². The van der Waals surface area contributed by atoms with Crippen LogP contribution in [0.1, 0.15) is 28.1 Å².